The van der Waals surface area contributed by atoms with E-state index < -0.39 is 11.9 Å². The van der Waals surface area contributed by atoms with Gasteiger partial charge in [0.15, 0.2) is 0 Å². The fourth-order valence-corrected chi connectivity index (χ4v) is 3.25. The molecule has 7 nitrogen and oxygen atoms in total. The Balaban J connectivity index is 1.88. The first-order valence-electron chi connectivity index (χ1n) is 8.40. The van der Waals surface area contributed by atoms with Crippen LogP contribution in [-0.4, -0.2) is 52.8 Å². The number of benzene rings is 1. The van der Waals surface area contributed by atoms with Crippen LogP contribution >= 0.6 is 11.6 Å². The van der Waals surface area contributed by atoms with Crippen LogP contribution in [0.15, 0.2) is 30.3 Å². The molecule has 1 saturated heterocycles. The van der Waals surface area contributed by atoms with Crippen molar-refractivity contribution in [2.24, 2.45) is 7.05 Å². The smallest absolute Gasteiger partial charge is 0.257 e. The van der Waals surface area contributed by atoms with Crippen molar-refractivity contribution in [3.63, 3.8) is 0 Å². The van der Waals surface area contributed by atoms with Crippen LogP contribution < -0.4 is 5.32 Å². The van der Waals surface area contributed by atoms with Crippen LogP contribution in [0.4, 0.5) is 0 Å². The van der Waals surface area contributed by atoms with Gasteiger partial charge in [-0.25, -0.2) is 0 Å². The van der Waals surface area contributed by atoms with Crippen molar-refractivity contribution in [2.75, 3.05) is 26.3 Å². The van der Waals surface area contributed by atoms with E-state index in [1.807, 2.05) is 30.3 Å². The predicted octanol–water partition coefficient (Wildman–Crippen LogP) is 1.71. The Morgan fingerprint density at radius 1 is 1.23 bits per heavy atom. The van der Waals surface area contributed by atoms with E-state index in [4.69, 9.17) is 16.3 Å². The van der Waals surface area contributed by atoms with E-state index in [1.165, 1.54) is 4.68 Å². The van der Waals surface area contributed by atoms with Gasteiger partial charge >= 0.3 is 0 Å². The summed E-state index contributed by atoms with van der Waals surface area (Å²) in [5, 5.41) is 7.23. The number of carbonyl (C=O) groups is 2. The first kappa shape index (κ1) is 18.4. The van der Waals surface area contributed by atoms with Crippen molar-refractivity contribution >= 4 is 23.4 Å². The molecule has 2 aromatic rings. The highest BCUT2D eigenvalue weighted by molar-refractivity contribution is 6.33. The molecule has 3 rings (SSSR count). The molecule has 1 aromatic heterocycles. The number of nitrogens with one attached hydrogen (secondary N) is 1. The zero-order valence-corrected chi connectivity index (χ0v) is 15.5. The Kier molecular flexibility index (Phi) is 5.58. The molecule has 1 aromatic carbocycles. The third-order valence-corrected chi connectivity index (χ3v) is 4.79. The summed E-state index contributed by atoms with van der Waals surface area (Å²) in [6, 6.07) is 8.39. The number of carbonyl (C=O) groups excluding carboxylic acids is 2. The summed E-state index contributed by atoms with van der Waals surface area (Å²) in [5.74, 6) is -0.582. The fraction of sp³-hybridized carbons (Fsp3) is 0.389. The SMILES string of the molecule is Cc1nn(C)c(Cl)c1C(=O)NC(C(=O)N1CCOCC1)c1ccccc1. The first-order chi connectivity index (χ1) is 12.5. The zero-order chi connectivity index (χ0) is 18.7. The molecule has 0 radical (unpaired) electrons. The number of rotatable bonds is 4. The third kappa shape index (κ3) is 3.73. The van der Waals surface area contributed by atoms with Crippen LogP contribution in [0, 0.1) is 6.92 Å². The molecule has 0 saturated carbocycles. The Hall–Kier alpha value is -2.38. The van der Waals surface area contributed by atoms with Gasteiger partial charge in [0.05, 0.1) is 24.5 Å². The zero-order valence-electron chi connectivity index (χ0n) is 14.7. The Morgan fingerprint density at radius 2 is 1.88 bits per heavy atom. The first-order valence-corrected chi connectivity index (χ1v) is 8.78. The maximum absolute atomic E-state index is 13.0. The molecule has 1 fully saturated rings. The largest absolute Gasteiger partial charge is 0.378 e. The number of ether oxygens (including phenoxy) is 1. The number of aryl methyl sites for hydroxylation is 2. The second-order valence-electron chi connectivity index (χ2n) is 6.13. The maximum atomic E-state index is 13.0. The van der Waals surface area contributed by atoms with Crippen molar-refractivity contribution in [1.82, 2.24) is 20.0 Å². The molecule has 2 amide bonds. The maximum Gasteiger partial charge on any atom is 0.257 e. The summed E-state index contributed by atoms with van der Waals surface area (Å²) in [5.41, 5.74) is 1.51. The molecule has 138 valence electrons. The minimum atomic E-state index is -0.794. The van der Waals surface area contributed by atoms with E-state index in [2.05, 4.69) is 10.4 Å². The number of morpholine rings is 1. The van der Waals surface area contributed by atoms with Crippen LogP contribution in [0.2, 0.25) is 5.15 Å². The van der Waals surface area contributed by atoms with Crippen LogP contribution in [-0.2, 0) is 16.6 Å². The van der Waals surface area contributed by atoms with Crippen molar-refractivity contribution in [1.29, 1.82) is 0 Å². The molecule has 0 aliphatic carbocycles. The highest BCUT2D eigenvalue weighted by Gasteiger charge is 2.30. The fourth-order valence-electron chi connectivity index (χ4n) is 2.99. The van der Waals surface area contributed by atoms with Crippen molar-refractivity contribution in [3.8, 4) is 0 Å². The molecule has 0 bridgehead atoms. The van der Waals surface area contributed by atoms with Gasteiger partial charge in [0.25, 0.3) is 5.91 Å². The molecule has 2 heterocycles. The Labute approximate surface area is 156 Å². The van der Waals surface area contributed by atoms with Gasteiger partial charge in [-0.1, -0.05) is 41.9 Å². The van der Waals surface area contributed by atoms with Gasteiger partial charge in [0, 0.05) is 20.1 Å². The predicted molar refractivity (Wildman–Crippen MR) is 97.0 cm³/mol. The van der Waals surface area contributed by atoms with Crippen molar-refractivity contribution in [2.45, 2.75) is 13.0 Å². The lowest BCUT2D eigenvalue weighted by molar-refractivity contribution is -0.137. The van der Waals surface area contributed by atoms with E-state index in [1.54, 1.807) is 18.9 Å². The molecule has 1 aliphatic rings. The topological polar surface area (TPSA) is 76.5 Å². The van der Waals surface area contributed by atoms with E-state index >= 15 is 0 Å². The van der Waals surface area contributed by atoms with Crippen LogP contribution in [0.1, 0.15) is 27.7 Å². The molecule has 8 heteroatoms. The number of hydrogen-bond donors (Lipinski definition) is 1. The van der Waals surface area contributed by atoms with Gasteiger partial charge in [-0.3, -0.25) is 14.3 Å². The van der Waals surface area contributed by atoms with Crippen LogP contribution in [0.3, 0.4) is 0 Å². The molecule has 1 unspecified atom stereocenters. The summed E-state index contributed by atoms with van der Waals surface area (Å²) < 4.78 is 6.75. The average molecular weight is 377 g/mol. The average Bonchev–Trinajstić information content (AvgIpc) is 2.92. The summed E-state index contributed by atoms with van der Waals surface area (Å²) in [7, 11) is 1.67. The number of hydrogen-bond acceptors (Lipinski definition) is 4. The van der Waals surface area contributed by atoms with Gasteiger partial charge in [-0.05, 0) is 12.5 Å². The van der Waals surface area contributed by atoms with Gasteiger partial charge in [-0.2, -0.15) is 5.10 Å². The van der Waals surface area contributed by atoms with Crippen molar-refractivity contribution < 1.29 is 14.3 Å². The van der Waals surface area contributed by atoms with E-state index in [-0.39, 0.29) is 16.6 Å². The summed E-state index contributed by atoms with van der Waals surface area (Å²) in [4.78, 5) is 27.6. The van der Waals surface area contributed by atoms with Crippen LogP contribution in [0.25, 0.3) is 0 Å². The molecule has 1 aliphatic heterocycles. The van der Waals surface area contributed by atoms with Gasteiger partial charge in [0.2, 0.25) is 5.91 Å². The van der Waals surface area contributed by atoms with E-state index in [9.17, 15) is 9.59 Å². The van der Waals surface area contributed by atoms with Crippen molar-refractivity contribution in [3.05, 3.63) is 52.3 Å². The van der Waals surface area contributed by atoms with Crippen LogP contribution in [0.5, 0.6) is 0 Å². The van der Waals surface area contributed by atoms with E-state index in [0.717, 1.165) is 5.56 Å². The molecular weight excluding hydrogens is 356 g/mol. The highest BCUT2D eigenvalue weighted by Crippen LogP contribution is 2.22. The number of aromatic nitrogens is 2. The number of nitrogens with zero attached hydrogens (tertiary/aromatic N) is 3. The summed E-state index contributed by atoms with van der Waals surface area (Å²) in [6.45, 7) is 3.71. The molecule has 0 spiro atoms. The standard InChI is InChI=1S/C18H21ClN4O3/c1-12-14(16(19)22(2)21-12)17(24)20-15(13-6-4-3-5-7-13)18(25)23-8-10-26-11-9-23/h3-7,15H,8-11H2,1-2H3,(H,20,24). The van der Waals surface area contributed by atoms with Gasteiger partial charge < -0.3 is 15.0 Å². The lowest BCUT2D eigenvalue weighted by atomic mass is 10.0. The highest BCUT2D eigenvalue weighted by atomic mass is 35.5. The van der Waals surface area contributed by atoms with E-state index in [0.29, 0.717) is 32.0 Å². The minimum Gasteiger partial charge on any atom is -0.378 e. The Bertz CT molecular complexity index is 800. The summed E-state index contributed by atoms with van der Waals surface area (Å²) in [6.07, 6.45) is 0. The lowest BCUT2D eigenvalue weighted by Crippen LogP contribution is -2.47. The lowest BCUT2D eigenvalue weighted by Gasteiger charge is -2.31. The van der Waals surface area contributed by atoms with Gasteiger partial charge in [-0.15, -0.1) is 0 Å². The number of halogens is 1. The monoisotopic (exact) mass is 376 g/mol. The number of amides is 2. The third-order valence-electron chi connectivity index (χ3n) is 4.36. The quantitative estimate of drug-likeness (QED) is 0.881. The minimum absolute atomic E-state index is 0.162. The molecule has 26 heavy (non-hydrogen) atoms. The molecule has 1 atom stereocenters. The second kappa shape index (κ2) is 7.88. The van der Waals surface area contributed by atoms with Gasteiger partial charge in [0.1, 0.15) is 11.2 Å². The Morgan fingerprint density at radius 3 is 2.46 bits per heavy atom. The molecular formula is C18H21ClN4O3. The summed E-state index contributed by atoms with van der Waals surface area (Å²) >= 11 is 6.19. The molecule has 1 N–H and O–H groups in total. The normalized spacial score (nSPS) is 15.6. The second-order valence-corrected chi connectivity index (χ2v) is 6.49.